The molecule has 0 aliphatic heterocycles. The number of halogens is 7. The molecule has 2 nitrogen and oxygen atoms in total. The van der Waals surface area contributed by atoms with Crippen LogP contribution in [-0.4, -0.2) is 17.7 Å². The maximum absolute atomic E-state index is 14.1. The van der Waals surface area contributed by atoms with Crippen LogP contribution >= 0.6 is 0 Å². The molecular formula is C15H9F7O2. The Bertz CT molecular complexity index is 768. The van der Waals surface area contributed by atoms with Crippen molar-refractivity contribution in [1.29, 1.82) is 0 Å². The summed E-state index contributed by atoms with van der Waals surface area (Å²) in [7, 11) is 0. The highest BCUT2D eigenvalue weighted by Gasteiger charge is 2.54. The smallest absolute Gasteiger partial charge is 0.452 e. The Hall–Kier alpha value is -2.06. The number of fused-ring (bicyclic) bond motifs is 1. The summed E-state index contributed by atoms with van der Waals surface area (Å²) in [6.45, 7) is 1.11. The fourth-order valence-corrected chi connectivity index (χ4v) is 3.39. The first-order chi connectivity index (χ1) is 11.0. The van der Waals surface area contributed by atoms with E-state index in [2.05, 4.69) is 4.74 Å². The number of ether oxygens (including phenoxy) is 1. The summed E-state index contributed by atoms with van der Waals surface area (Å²) in [6.07, 6.45) is -3.04. The normalized spacial score (nSPS) is 28.0. The van der Waals surface area contributed by atoms with E-state index in [1.165, 1.54) is 12.2 Å². The zero-order valence-electron chi connectivity index (χ0n) is 12.0. The van der Waals surface area contributed by atoms with Crippen molar-refractivity contribution in [2.75, 3.05) is 0 Å². The molecule has 1 aromatic carbocycles. The lowest BCUT2D eigenvalue weighted by molar-refractivity contribution is -0.215. The summed E-state index contributed by atoms with van der Waals surface area (Å²) in [5.74, 6) is -12.2. The topological polar surface area (TPSA) is 26.3 Å². The first kappa shape index (κ1) is 16.8. The van der Waals surface area contributed by atoms with Gasteiger partial charge in [-0.2, -0.15) is 13.2 Å². The number of rotatable bonds is 1. The van der Waals surface area contributed by atoms with Gasteiger partial charge in [-0.1, -0.05) is 12.2 Å². The number of esters is 1. The molecule has 130 valence electrons. The van der Waals surface area contributed by atoms with E-state index < -0.39 is 64.0 Å². The molecule has 0 amide bonds. The van der Waals surface area contributed by atoms with Gasteiger partial charge in [0.25, 0.3) is 0 Å². The van der Waals surface area contributed by atoms with Crippen molar-refractivity contribution in [3.05, 3.63) is 46.5 Å². The molecule has 0 aromatic heterocycles. The van der Waals surface area contributed by atoms with E-state index in [0.29, 0.717) is 0 Å². The Morgan fingerprint density at radius 2 is 1.58 bits per heavy atom. The fraction of sp³-hybridized carbons (Fsp3) is 0.400. The van der Waals surface area contributed by atoms with Gasteiger partial charge in [0.05, 0.1) is 0 Å². The molecule has 0 saturated carbocycles. The van der Waals surface area contributed by atoms with Crippen LogP contribution in [0.15, 0.2) is 12.2 Å². The second kappa shape index (κ2) is 4.97. The third kappa shape index (κ3) is 2.21. The average molecular weight is 354 g/mol. The highest BCUT2D eigenvalue weighted by atomic mass is 19.4. The Morgan fingerprint density at radius 3 is 2.12 bits per heavy atom. The third-order valence-corrected chi connectivity index (χ3v) is 4.40. The summed E-state index contributed by atoms with van der Waals surface area (Å²) >= 11 is 0. The summed E-state index contributed by atoms with van der Waals surface area (Å²) in [5.41, 5.74) is -2.95. The first-order valence-electron chi connectivity index (χ1n) is 6.81. The minimum atomic E-state index is -5.27. The van der Waals surface area contributed by atoms with Crippen molar-refractivity contribution < 1.29 is 40.3 Å². The molecule has 0 radical (unpaired) electrons. The number of alkyl halides is 3. The molecule has 24 heavy (non-hydrogen) atoms. The number of allylic oxidation sites excluding steroid dienone is 1. The summed E-state index contributed by atoms with van der Waals surface area (Å²) in [6, 6.07) is 0. The van der Waals surface area contributed by atoms with Gasteiger partial charge in [0.15, 0.2) is 23.3 Å². The summed E-state index contributed by atoms with van der Waals surface area (Å²) in [4.78, 5) is 11.1. The molecule has 4 rings (SSSR count). The SMILES string of the molecule is C[C@]1(OC(=O)C(F)(F)F)C[C@@H]2C=C[C@H]1c1c(F)c(F)c(F)c(F)c12. The molecule has 3 aliphatic carbocycles. The van der Waals surface area contributed by atoms with Crippen molar-refractivity contribution in [3.63, 3.8) is 0 Å². The van der Waals surface area contributed by atoms with Crippen LogP contribution in [0.25, 0.3) is 0 Å². The lowest BCUT2D eigenvalue weighted by atomic mass is 9.63. The van der Waals surface area contributed by atoms with E-state index in [9.17, 15) is 35.5 Å². The summed E-state index contributed by atoms with van der Waals surface area (Å²) < 4.78 is 96.8. The zero-order chi connectivity index (χ0) is 18.0. The second-order valence-electron chi connectivity index (χ2n) is 5.96. The molecule has 9 heteroatoms. The van der Waals surface area contributed by atoms with E-state index in [4.69, 9.17) is 0 Å². The average Bonchev–Trinajstić information content (AvgIpc) is 2.49. The van der Waals surface area contributed by atoms with Gasteiger partial charge in [-0.25, -0.2) is 22.4 Å². The Morgan fingerprint density at radius 1 is 1.04 bits per heavy atom. The van der Waals surface area contributed by atoms with Crippen LogP contribution in [0.1, 0.15) is 36.3 Å². The van der Waals surface area contributed by atoms with Gasteiger partial charge in [0.1, 0.15) is 5.60 Å². The molecule has 1 aromatic rings. The molecule has 3 aliphatic rings. The van der Waals surface area contributed by atoms with Crippen LogP contribution in [0, 0.1) is 23.3 Å². The van der Waals surface area contributed by atoms with Crippen molar-refractivity contribution in [1.82, 2.24) is 0 Å². The fourth-order valence-electron chi connectivity index (χ4n) is 3.39. The van der Waals surface area contributed by atoms with Crippen LogP contribution in [0.3, 0.4) is 0 Å². The van der Waals surface area contributed by atoms with Gasteiger partial charge in [-0.3, -0.25) is 0 Å². The standard InChI is InChI=1S/C15H9F7O2/c1-14(24-13(23)15(20,21)22)4-5-2-3-6(14)8-7(5)9(16)11(18)12(19)10(8)17/h2-3,5-6H,4H2,1H3/t5-,6-,14-/m0/s1. The van der Waals surface area contributed by atoms with Gasteiger partial charge < -0.3 is 4.74 Å². The number of hydrogen-bond acceptors (Lipinski definition) is 2. The van der Waals surface area contributed by atoms with E-state index in [-0.39, 0.29) is 6.42 Å². The lowest BCUT2D eigenvalue weighted by Gasteiger charge is -2.46. The number of carbonyl (C=O) groups is 1. The van der Waals surface area contributed by atoms with Crippen LogP contribution in [0.5, 0.6) is 0 Å². The van der Waals surface area contributed by atoms with Crippen LogP contribution in [0.2, 0.25) is 0 Å². The highest BCUT2D eigenvalue weighted by Crippen LogP contribution is 2.54. The van der Waals surface area contributed by atoms with Crippen molar-refractivity contribution in [3.8, 4) is 0 Å². The Labute approximate surface area is 130 Å². The van der Waals surface area contributed by atoms with Crippen molar-refractivity contribution >= 4 is 5.97 Å². The van der Waals surface area contributed by atoms with Gasteiger partial charge in [0, 0.05) is 23.0 Å². The van der Waals surface area contributed by atoms with E-state index in [0.717, 1.165) is 6.92 Å². The number of benzene rings is 1. The molecule has 0 saturated heterocycles. The minimum Gasteiger partial charge on any atom is -0.452 e. The maximum Gasteiger partial charge on any atom is 0.490 e. The predicted octanol–water partition coefficient (Wildman–Crippen LogP) is 4.25. The number of carbonyl (C=O) groups excluding carboxylic acids is 1. The lowest BCUT2D eigenvalue weighted by Crippen LogP contribution is -2.47. The molecule has 0 fully saturated rings. The minimum absolute atomic E-state index is 0.315. The number of hydrogen-bond donors (Lipinski definition) is 0. The molecule has 3 atom stereocenters. The summed E-state index contributed by atoms with van der Waals surface area (Å²) in [5, 5.41) is 0. The van der Waals surface area contributed by atoms with Crippen molar-refractivity contribution in [2.24, 2.45) is 0 Å². The van der Waals surface area contributed by atoms with Gasteiger partial charge in [-0.05, 0) is 13.3 Å². The first-order valence-corrected chi connectivity index (χ1v) is 6.81. The maximum atomic E-state index is 14.1. The molecule has 0 heterocycles. The van der Waals surface area contributed by atoms with Crippen LogP contribution < -0.4 is 0 Å². The quantitative estimate of drug-likeness (QED) is 0.248. The van der Waals surface area contributed by atoms with E-state index in [1.54, 1.807) is 0 Å². The van der Waals surface area contributed by atoms with Crippen LogP contribution in [-0.2, 0) is 9.53 Å². The largest absolute Gasteiger partial charge is 0.490 e. The predicted molar refractivity (Wildman–Crippen MR) is 66.1 cm³/mol. The highest BCUT2D eigenvalue weighted by molar-refractivity contribution is 5.76. The van der Waals surface area contributed by atoms with E-state index in [1.807, 2.05) is 0 Å². The van der Waals surface area contributed by atoms with Gasteiger partial charge in [0.2, 0.25) is 0 Å². The van der Waals surface area contributed by atoms with Crippen molar-refractivity contribution in [2.45, 2.75) is 37.0 Å². The Kier molecular flexibility index (Phi) is 3.47. The third-order valence-electron chi connectivity index (χ3n) is 4.40. The van der Waals surface area contributed by atoms with Gasteiger partial charge in [-0.15, -0.1) is 0 Å². The molecule has 0 N–H and O–H groups in total. The second-order valence-corrected chi connectivity index (χ2v) is 5.96. The molecule has 0 spiro atoms. The molecule has 2 bridgehead atoms. The van der Waals surface area contributed by atoms with E-state index >= 15 is 0 Å². The monoisotopic (exact) mass is 354 g/mol. The van der Waals surface area contributed by atoms with Crippen LogP contribution in [0.4, 0.5) is 30.7 Å². The van der Waals surface area contributed by atoms with Gasteiger partial charge >= 0.3 is 12.1 Å². The zero-order valence-corrected chi connectivity index (χ0v) is 12.0. The Balaban J connectivity index is 2.12. The molecular weight excluding hydrogens is 345 g/mol. The molecule has 0 unspecified atom stereocenters.